The Kier molecular flexibility index (Phi) is 11.9. The number of nitrogens with one attached hydrogen (secondary N) is 3. The lowest BCUT2D eigenvalue weighted by atomic mass is 10.0. The molecule has 1 atom stereocenters. The van der Waals surface area contributed by atoms with Gasteiger partial charge in [0.1, 0.15) is 0 Å². The predicted molar refractivity (Wildman–Crippen MR) is 122 cm³/mol. The van der Waals surface area contributed by atoms with Gasteiger partial charge in [-0.05, 0) is 37.1 Å². The number of hydrogen-bond donors (Lipinski definition) is 3. The number of aliphatic imine (C=N–C) groups is 1. The maximum absolute atomic E-state index is 11.9. The number of amides is 1. The zero-order valence-electron chi connectivity index (χ0n) is 15.9. The highest BCUT2D eigenvalue weighted by Gasteiger charge is 2.17. The third kappa shape index (κ3) is 8.70. The van der Waals surface area contributed by atoms with Crippen LogP contribution >= 0.6 is 35.3 Å². The smallest absolute Gasteiger partial charge is 0.220 e. The number of guanidine groups is 1. The summed E-state index contributed by atoms with van der Waals surface area (Å²) in [7, 11) is 0. The molecule has 7 heteroatoms. The molecule has 0 aliphatic heterocycles. The highest BCUT2D eigenvalue weighted by molar-refractivity contribution is 14.0. The van der Waals surface area contributed by atoms with Crippen LogP contribution in [0.3, 0.4) is 0 Å². The van der Waals surface area contributed by atoms with Crippen molar-refractivity contribution in [2.24, 2.45) is 10.9 Å². The summed E-state index contributed by atoms with van der Waals surface area (Å²) in [5, 5.41) is 11.7. The molecule has 0 bridgehead atoms. The third-order valence-corrected chi connectivity index (χ3v) is 5.69. The minimum absolute atomic E-state index is 0. The van der Waals surface area contributed by atoms with Crippen LogP contribution in [0.2, 0.25) is 0 Å². The molecule has 3 N–H and O–H groups in total. The van der Waals surface area contributed by atoms with Crippen LogP contribution in [0.1, 0.15) is 56.7 Å². The van der Waals surface area contributed by atoms with Crippen LogP contribution in [0.25, 0.3) is 0 Å². The van der Waals surface area contributed by atoms with Gasteiger partial charge >= 0.3 is 0 Å². The van der Waals surface area contributed by atoms with Gasteiger partial charge in [-0.3, -0.25) is 9.79 Å². The zero-order chi connectivity index (χ0) is 17.9. The molecule has 0 spiro atoms. The molecule has 1 aliphatic rings. The second kappa shape index (κ2) is 13.4. The number of halogens is 1. The van der Waals surface area contributed by atoms with Gasteiger partial charge in [-0.2, -0.15) is 0 Å². The lowest BCUT2D eigenvalue weighted by Gasteiger charge is -2.14. The summed E-state index contributed by atoms with van der Waals surface area (Å²) >= 11 is 1.78. The normalized spacial score (nSPS) is 16.0. The Morgan fingerprint density at radius 1 is 1.27 bits per heavy atom. The molecule has 5 nitrogen and oxygen atoms in total. The zero-order valence-corrected chi connectivity index (χ0v) is 19.1. The van der Waals surface area contributed by atoms with Crippen molar-refractivity contribution in [3.8, 4) is 0 Å². The summed E-state index contributed by atoms with van der Waals surface area (Å²) in [6.07, 6.45) is 5.68. The van der Waals surface area contributed by atoms with Crippen molar-refractivity contribution in [1.82, 2.24) is 16.0 Å². The lowest BCUT2D eigenvalue weighted by molar-refractivity contribution is -0.121. The third-order valence-electron chi connectivity index (χ3n) is 4.58. The highest BCUT2D eigenvalue weighted by Crippen LogP contribution is 2.27. The summed E-state index contributed by atoms with van der Waals surface area (Å²) in [5.74, 6) is 2.02. The molecule has 1 fully saturated rings. The van der Waals surface area contributed by atoms with Crippen molar-refractivity contribution in [3.63, 3.8) is 0 Å². The van der Waals surface area contributed by atoms with Crippen LogP contribution in [-0.4, -0.2) is 38.0 Å². The maximum atomic E-state index is 11.9. The van der Waals surface area contributed by atoms with Crippen molar-refractivity contribution in [1.29, 1.82) is 0 Å². The first-order valence-electron chi connectivity index (χ1n) is 9.51. The molecule has 1 aromatic heterocycles. The lowest BCUT2D eigenvalue weighted by Crippen LogP contribution is -2.41. The van der Waals surface area contributed by atoms with E-state index in [0.29, 0.717) is 31.3 Å². The summed E-state index contributed by atoms with van der Waals surface area (Å²) in [4.78, 5) is 17.9. The second-order valence-corrected chi connectivity index (χ2v) is 7.75. The van der Waals surface area contributed by atoms with Gasteiger partial charge < -0.3 is 16.0 Å². The van der Waals surface area contributed by atoms with Crippen molar-refractivity contribution in [2.75, 3.05) is 26.2 Å². The van der Waals surface area contributed by atoms with E-state index in [-0.39, 0.29) is 29.9 Å². The van der Waals surface area contributed by atoms with Crippen molar-refractivity contribution >= 4 is 47.2 Å². The molecule has 148 valence electrons. The van der Waals surface area contributed by atoms with Crippen LogP contribution in [-0.2, 0) is 4.79 Å². The van der Waals surface area contributed by atoms with Gasteiger partial charge in [-0.1, -0.05) is 25.8 Å². The summed E-state index contributed by atoms with van der Waals surface area (Å²) in [5.41, 5.74) is 0. The van der Waals surface area contributed by atoms with Gasteiger partial charge in [-0.25, -0.2) is 0 Å². The first-order valence-corrected chi connectivity index (χ1v) is 10.4. The Bertz CT molecular complexity index is 530. The Morgan fingerprint density at radius 2 is 2.00 bits per heavy atom. The fraction of sp³-hybridized carbons (Fsp3) is 0.684. The fourth-order valence-electron chi connectivity index (χ4n) is 3.16. The van der Waals surface area contributed by atoms with Crippen LogP contribution in [0.5, 0.6) is 0 Å². The molecule has 0 saturated heterocycles. The van der Waals surface area contributed by atoms with E-state index < -0.39 is 0 Å². The monoisotopic (exact) mass is 492 g/mol. The highest BCUT2D eigenvalue weighted by atomic mass is 127. The average molecular weight is 492 g/mol. The maximum Gasteiger partial charge on any atom is 0.220 e. The van der Waals surface area contributed by atoms with Gasteiger partial charge in [0.15, 0.2) is 5.96 Å². The van der Waals surface area contributed by atoms with Crippen LogP contribution in [0.4, 0.5) is 0 Å². The Hall–Kier alpha value is -0.830. The first kappa shape index (κ1) is 23.2. The van der Waals surface area contributed by atoms with Crippen molar-refractivity contribution in [3.05, 3.63) is 22.4 Å². The molecule has 1 aromatic rings. The van der Waals surface area contributed by atoms with E-state index in [1.807, 2.05) is 0 Å². The Labute approximate surface area is 178 Å². The molecule has 0 aromatic carbocycles. The molecule has 1 saturated carbocycles. The van der Waals surface area contributed by atoms with Gasteiger partial charge in [0.05, 0.1) is 6.54 Å². The number of carbonyl (C=O) groups excluding carboxylic acids is 1. The molecule has 1 aliphatic carbocycles. The number of hydrogen-bond acceptors (Lipinski definition) is 3. The van der Waals surface area contributed by atoms with E-state index in [0.717, 1.165) is 19.0 Å². The van der Waals surface area contributed by atoms with Crippen LogP contribution < -0.4 is 16.0 Å². The Balaban J connectivity index is 0.00000338. The SMILES string of the molecule is CCNC(=NCC(C)c1cccs1)NCCNC(=O)CC1CCCC1.I. The van der Waals surface area contributed by atoms with Crippen molar-refractivity contribution < 1.29 is 4.79 Å². The van der Waals surface area contributed by atoms with E-state index in [9.17, 15) is 4.79 Å². The number of carbonyl (C=O) groups is 1. The fourth-order valence-corrected chi connectivity index (χ4v) is 3.94. The van der Waals surface area contributed by atoms with E-state index in [4.69, 9.17) is 0 Å². The average Bonchev–Trinajstić information content (AvgIpc) is 3.29. The molecular weight excluding hydrogens is 459 g/mol. The van der Waals surface area contributed by atoms with Crippen LogP contribution in [0.15, 0.2) is 22.5 Å². The van der Waals surface area contributed by atoms with E-state index >= 15 is 0 Å². The van der Waals surface area contributed by atoms with E-state index in [1.54, 1.807) is 11.3 Å². The van der Waals surface area contributed by atoms with Gasteiger partial charge in [-0.15, -0.1) is 35.3 Å². The summed E-state index contributed by atoms with van der Waals surface area (Å²) in [6.45, 7) is 7.16. The van der Waals surface area contributed by atoms with Crippen molar-refractivity contribution in [2.45, 2.75) is 51.9 Å². The predicted octanol–water partition coefficient (Wildman–Crippen LogP) is 3.72. The largest absolute Gasteiger partial charge is 0.357 e. The quantitative estimate of drug-likeness (QED) is 0.213. The number of thiophene rings is 1. The minimum Gasteiger partial charge on any atom is -0.357 e. The van der Waals surface area contributed by atoms with E-state index in [1.165, 1.54) is 30.6 Å². The van der Waals surface area contributed by atoms with Crippen LogP contribution in [0, 0.1) is 5.92 Å². The minimum atomic E-state index is 0. The molecule has 1 unspecified atom stereocenters. The number of rotatable bonds is 9. The standard InChI is InChI=1S/C19H32N4OS.HI/c1-3-20-19(23-14-15(2)17-9-6-12-25-17)22-11-10-21-18(24)13-16-7-4-5-8-16;/h6,9,12,15-16H,3-5,7-8,10-11,13-14H2,1-2H3,(H,21,24)(H2,20,22,23);1H. The summed E-state index contributed by atoms with van der Waals surface area (Å²) < 4.78 is 0. The molecule has 2 rings (SSSR count). The Morgan fingerprint density at radius 3 is 2.65 bits per heavy atom. The molecule has 1 heterocycles. The van der Waals surface area contributed by atoms with Gasteiger partial charge in [0.25, 0.3) is 0 Å². The second-order valence-electron chi connectivity index (χ2n) is 6.77. The molecule has 26 heavy (non-hydrogen) atoms. The molecule has 0 radical (unpaired) electrons. The number of nitrogens with zero attached hydrogens (tertiary/aromatic N) is 1. The molecule has 1 amide bonds. The van der Waals surface area contributed by atoms with Gasteiger partial charge in [0, 0.05) is 36.9 Å². The van der Waals surface area contributed by atoms with E-state index in [2.05, 4.69) is 52.3 Å². The first-order chi connectivity index (χ1) is 12.2. The topological polar surface area (TPSA) is 65.5 Å². The molecular formula is C19H33IN4OS. The van der Waals surface area contributed by atoms with Gasteiger partial charge in [0.2, 0.25) is 5.91 Å². The summed E-state index contributed by atoms with van der Waals surface area (Å²) in [6, 6.07) is 4.24.